The van der Waals surface area contributed by atoms with Crippen LogP contribution >= 0.6 is 0 Å². The molecule has 2 aliphatic heterocycles. The number of imide groups is 1. The number of hydrogen-bond donors (Lipinski definition) is 3. The van der Waals surface area contributed by atoms with Crippen molar-refractivity contribution >= 4 is 28.8 Å². The van der Waals surface area contributed by atoms with Crippen LogP contribution in [0.15, 0.2) is 42.0 Å². The molecule has 1 unspecified atom stereocenters. The summed E-state index contributed by atoms with van der Waals surface area (Å²) >= 11 is 0. The van der Waals surface area contributed by atoms with Crippen LogP contribution in [0.3, 0.4) is 0 Å². The van der Waals surface area contributed by atoms with Gasteiger partial charge in [-0.15, -0.1) is 0 Å². The number of aromatic hydroxyl groups is 1. The van der Waals surface area contributed by atoms with E-state index in [2.05, 4.69) is 29.1 Å². The minimum atomic E-state index is -0.708. The lowest BCUT2D eigenvalue weighted by Gasteiger charge is -2.28. The maximum atomic E-state index is 12.7. The van der Waals surface area contributed by atoms with Crippen molar-refractivity contribution in [3.63, 3.8) is 0 Å². The maximum Gasteiger partial charge on any atom is 0.259 e. The summed E-state index contributed by atoms with van der Waals surface area (Å²) < 4.78 is 6.43. The van der Waals surface area contributed by atoms with Crippen LogP contribution in [0.2, 0.25) is 0 Å². The van der Waals surface area contributed by atoms with Gasteiger partial charge in [-0.2, -0.15) is 0 Å². The van der Waals surface area contributed by atoms with Gasteiger partial charge in [-0.25, -0.2) is 4.99 Å². The normalized spacial score (nSPS) is 18.7. The molecule has 2 heterocycles. The van der Waals surface area contributed by atoms with Crippen LogP contribution in [0, 0.1) is 0 Å². The van der Waals surface area contributed by atoms with Crippen LogP contribution in [-0.4, -0.2) is 53.3 Å². The van der Waals surface area contributed by atoms with Crippen molar-refractivity contribution in [2.45, 2.75) is 26.4 Å². The molecule has 0 aromatic heterocycles. The number of hydrogen-bond acceptors (Lipinski definition) is 5. The van der Waals surface area contributed by atoms with Gasteiger partial charge in [0, 0.05) is 23.7 Å². The second kappa shape index (κ2) is 7.35. The first-order valence-electron chi connectivity index (χ1n) is 10.6. The fraction of sp³-hybridized carbons (Fsp3) is 0.292. The summed E-state index contributed by atoms with van der Waals surface area (Å²) in [7, 11) is 0. The molecular weight excluding hydrogens is 394 g/mol. The number of nitrogens with zero attached hydrogens (tertiary/aromatic N) is 1. The van der Waals surface area contributed by atoms with Gasteiger partial charge in [0.25, 0.3) is 11.8 Å². The molecule has 0 spiro atoms. The molecule has 0 fully saturated rings. The molecule has 3 N–H and O–H groups in total. The Morgan fingerprint density at radius 1 is 1.10 bits per heavy atom. The van der Waals surface area contributed by atoms with Crippen LogP contribution in [0.4, 0.5) is 5.69 Å². The number of phenolic OH excluding ortho intramolecular Hbond substituents is 1. The zero-order chi connectivity index (χ0) is 21.7. The second-order valence-corrected chi connectivity index (χ2v) is 7.91. The number of nitrogens with one attached hydrogen (secondary N) is 2. The number of amides is 2. The minimum Gasteiger partial charge on any atom is -0.508 e. The molecule has 5 rings (SSSR count). The van der Waals surface area contributed by atoms with Crippen molar-refractivity contribution in [3.8, 4) is 11.5 Å². The first-order chi connectivity index (χ1) is 15.0. The molecule has 0 saturated carbocycles. The highest BCUT2D eigenvalue weighted by Crippen LogP contribution is 2.40. The summed E-state index contributed by atoms with van der Waals surface area (Å²) in [5, 5.41) is 12.4. The van der Waals surface area contributed by atoms with Gasteiger partial charge in [0.05, 0.1) is 16.7 Å². The van der Waals surface area contributed by atoms with Crippen molar-refractivity contribution in [2.24, 2.45) is 0 Å². The molecular formula is C24H24N3O4+. The Morgan fingerprint density at radius 3 is 2.68 bits per heavy atom. The molecule has 1 aliphatic carbocycles. The van der Waals surface area contributed by atoms with E-state index in [9.17, 15) is 14.7 Å². The van der Waals surface area contributed by atoms with E-state index >= 15 is 0 Å². The topological polar surface area (TPSA) is 92.8 Å². The molecule has 2 amide bonds. The minimum absolute atomic E-state index is 0.0348. The summed E-state index contributed by atoms with van der Waals surface area (Å²) in [5.74, 6) is -0.172. The summed E-state index contributed by atoms with van der Waals surface area (Å²) in [6.07, 6.45) is 0.108. The fourth-order valence-electron chi connectivity index (χ4n) is 4.60. The van der Waals surface area contributed by atoms with Crippen molar-refractivity contribution in [2.75, 3.05) is 19.6 Å². The Morgan fingerprint density at radius 2 is 1.90 bits per heavy atom. The van der Waals surface area contributed by atoms with Gasteiger partial charge >= 0.3 is 0 Å². The lowest BCUT2D eigenvalue weighted by Crippen LogP contribution is -2.73. The Labute approximate surface area is 180 Å². The number of phenols is 1. The monoisotopic (exact) mass is 418 g/mol. The van der Waals surface area contributed by atoms with Crippen LogP contribution in [0.1, 0.15) is 30.5 Å². The predicted octanol–water partition coefficient (Wildman–Crippen LogP) is 0.662. The molecule has 0 bridgehead atoms. The molecule has 7 heteroatoms. The smallest absolute Gasteiger partial charge is 0.259 e. The Kier molecular flexibility index (Phi) is 4.63. The third-order valence-electron chi connectivity index (χ3n) is 6.25. The summed E-state index contributed by atoms with van der Waals surface area (Å²) in [5.41, 5.74) is 4.42. The predicted molar refractivity (Wildman–Crippen MR) is 115 cm³/mol. The van der Waals surface area contributed by atoms with E-state index in [-0.39, 0.29) is 16.9 Å². The van der Waals surface area contributed by atoms with Gasteiger partial charge in [0.2, 0.25) is 17.5 Å². The maximum absolute atomic E-state index is 12.7. The first kappa shape index (κ1) is 19.5. The molecule has 0 radical (unpaired) electrons. The van der Waals surface area contributed by atoms with Crippen molar-refractivity contribution < 1.29 is 24.4 Å². The molecule has 158 valence electrons. The van der Waals surface area contributed by atoms with E-state index < -0.39 is 17.9 Å². The zero-order valence-corrected chi connectivity index (χ0v) is 17.5. The molecule has 7 nitrogen and oxygen atoms in total. The molecule has 3 aliphatic rings. The van der Waals surface area contributed by atoms with Crippen molar-refractivity contribution in [3.05, 3.63) is 58.7 Å². The number of benzene rings is 2. The Balaban J connectivity index is 1.63. The van der Waals surface area contributed by atoms with E-state index in [1.54, 1.807) is 12.1 Å². The second-order valence-electron chi connectivity index (χ2n) is 7.91. The van der Waals surface area contributed by atoms with Gasteiger partial charge < -0.3 is 14.7 Å². The highest BCUT2D eigenvalue weighted by atomic mass is 16.5. The third-order valence-corrected chi connectivity index (χ3v) is 6.25. The lowest BCUT2D eigenvalue weighted by molar-refractivity contribution is -0.363. The number of fused-ring (bicyclic) bond motifs is 6. The number of rotatable bonds is 5. The average Bonchev–Trinajstić information content (AvgIpc) is 3.07. The molecule has 0 saturated heterocycles. The first-order valence-corrected chi connectivity index (χ1v) is 10.6. The highest BCUT2D eigenvalue weighted by Gasteiger charge is 2.49. The number of carbonyl (C=O) groups is 2. The molecule has 1 atom stereocenters. The summed E-state index contributed by atoms with van der Waals surface area (Å²) in [4.78, 5) is 31.0. The molecule has 31 heavy (non-hydrogen) atoms. The van der Waals surface area contributed by atoms with E-state index in [0.717, 1.165) is 42.9 Å². The number of para-hydroxylation sites is 1. The van der Waals surface area contributed by atoms with E-state index in [1.165, 1.54) is 6.07 Å². The third kappa shape index (κ3) is 3.04. The number of likely N-dealkylation sites (N-methyl/N-ethyl adjacent to an activating group) is 1. The Hall–Kier alpha value is -3.45. The summed E-state index contributed by atoms with van der Waals surface area (Å²) in [6.45, 7) is 7.15. The van der Waals surface area contributed by atoms with E-state index in [1.807, 2.05) is 18.2 Å². The van der Waals surface area contributed by atoms with Crippen molar-refractivity contribution in [1.82, 2.24) is 10.2 Å². The Bertz CT molecular complexity index is 1180. The van der Waals surface area contributed by atoms with Crippen LogP contribution in [0.5, 0.6) is 11.5 Å². The van der Waals surface area contributed by atoms with E-state index in [4.69, 9.17) is 4.74 Å². The zero-order valence-electron chi connectivity index (χ0n) is 17.5. The number of ether oxygens (including phenoxy) is 1. The van der Waals surface area contributed by atoms with Gasteiger partial charge in [0.1, 0.15) is 5.75 Å². The van der Waals surface area contributed by atoms with Gasteiger partial charge in [-0.3, -0.25) is 14.9 Å². The quantitative estimate of drug-likeness (QED) is 0.621. The number of carbonyl (C=O) groups excluding carboxylic acids is 2. The highest BCUT2D eigenvalue weighted by molar-refractivity contribution is 6.40. The van der Waals surface area contributed by atoms with Gasteiger partial charge in [-0.05, 0) is 37.7 Å². The molecule has 2 aromatic carbocycles. The van der Waals surface area contributed by atoms with Crippen LogP contribution in [0.25, 0.3) is 5.57 Å². The average molecular weight is 418 g/mol. The van der Waals surface area contributed by atoms with Gasteiger partial charge in [0.15, 0.2) is 5.75 Å². The SMILES string of the molecule is CCN(CC)CCc1cccc2c1OC1C(=[NH+]2)c2ccc(O)cc2C2=C1C(=O)NC2=O. The van der Waals surface area contributed by atoms with E-state index in [0.29, 0.717) is 17.0 Å². The lowest BCUT2D eigenvalue weighted by atomic mass is 9.82. The fourth-order valence-corrected chi connectivity index (χ4v) is 4.60. The summed E-state index contributed by atoms with van der Waals surface area (Å²) in [6, 6.07) is 10.8. The standard InChI is InChI=1S/C24H23N3O4/c1-3-27(4-2)11-10-13-6-5-7-17-21(13)31-22-19-18(23(29)26-24(19)30)16-12-14(28)8-9-15(16)20(22)25-17/h5-9,12,22,28H,3-4,10-11H2,1-2H3,(H,26,29,30)/p+1. The largest absolute Gasteiger partial charge is 0.508 e. The van der Waals surface area contributed by atoms with Crippen LogP contribution in [-0.2, 0) is 16.0 Å². The van der Waals surface area contributed by atoms with Crippen molar-refractivity contribution in [1.29, 1.82) is 0 Å². The molecule has 2 aromatic rings. The van der Waals surface area contributed by atoms with Crippen LogP contribution < -0.4 is 15.0 Å². The van der Waals surface area contributed by atoms with Gasteiger partial charge in [-0.1, -0.05) is 26.0 Å².